The SMILES string of the molecule is COCC(CCO)NC(=O)/C=C/c1sccc1C. The van der Waals surface area contributed by atoms with Crippen molar-refractivity contribution in [3.8, 4) is 0 Å². The Morgan fingerprint density at radius 2 is 2.44 bits per heavy atom. The topological polar surface area (TPSA) is 58.6 Å². The van der Waals surface area contributed by atoms with Crippen LogP contribution >= 0.6 is 11.3 Å². The second-order valence-corrected chi connectivity index (χ2v) is 4.92. The summed E-state index contributed by atoms with van der Waals surface area (Å²) in [6.07, 6.45) is 3.81. The van der Waals surface area contributed by atoms with Crippen molar-refractivity contribution in [2.24, 2.45) is 0 Å². The number of aryl methyl sites for hydroxylation is 1. The van der Waals surface area contributed by atoms with E-state index in [0.717, 1.165) is 10.4 Å². The molecule has 1 aromatic heterocycles. The van der Waals surface area contributed by atoms with Gasteiger partial charge in [0.15, 0.2) is 0 Å². The first-order valence-corrected chi connectivity index (χ1v) is 6.67. The van der Waals surface area contributed by atoms with Gasteiger partial charge in [-0.25, -0.2) is 0 Å². The molecular formula is C13H19NO3S. The van der Waals surface area contributed by atoms with Crippen LogP contribution in [0.1, 0.15) is 16.9 Å². The van der Waals surface area contributed by atoms with Gasteiger partial charge in [0, 0.05) is 24.7 Å². The van der Waals surface area contributed by atoms with Crippen molar-refractivity contribution in [3.05, 3.63) is 28.0 Å². The molecule has 0 radical (unpaired) electrons. The molecule has 0 saturated heterocycles. The lowest BCUT2D eigenvalue weighted by atomic mass is 10.2. The van der Waals surface area contributed by atoms with E-state index in [1.165, 1.54) is 6.08 Å². The first-order valence-electron chi connectivity index (χ1n) is 5.79. The van der Waals surface area contributed by atoms with Crippen LogP contribution in [0.2, 0.25) is 0 Å². The van der Waals surface area contributed by atoms with Gasteiger partial charge in [-0.2, -0.15) is 0 Å². The van der Waals surface area contributed by atoms with Gasteiger partial charge in [-0.15, -0.1) is 11.3 Å². The molecule has 0 fully saturated rings. The predicted octanol–water partition coefficient (Wildman–Crippen LogP) is 1.58. The van der Waals surface area contributed by atoms with E-state index in [-0.39, 0.29) is 18.6 Å². The number of hydrogen-bond donors (Lipinski definition) is 2. The Morgan fingerprint density at radius 3 is 3.00 bits per heavy atom. The Kier molecular flexibility index (Phi) is 6.64. The number of nitrogens with one attached hydrogen (secondary N) is 1. The van der Waals surface area contributed by atoms with E-state index < -0.39 is 0 Å². The molecule has 5 heteroatoms. The summed E-state index contributed by atoms with van der Waals surface area (Å²) < 4.78 is 4.98. The fourth-order valence-electron chi connectivity index (χ4n) is 1.51. The summed E-state index contributed by atoms with van der Waals surface area (Å²) in [4.78, 5) is 12.8. The fraction of sp³-hybridized carbons (Fsp3) is 0.462. The lowest BCUT2D eigenvalue weighted by Crippen LogP contribution is -2.37. The molecule has 0 aliphatic rings. The Hall–Kier alpha value is -1.17. The molecule has 0 bridgehead atoms. The highest BCUT2D eigenvalue weighted by atomic mass is 32.1. The van der Waals surface area contributed by atoms with Gasteiger partial charge in [-0.3, -0.25) is 4.79 Å². The molecule has 1 unspecified atom stereocenters. The molecule has 0 aliphatic carbocycles. The van der Waals surface area contributed by atoms with Crippen LogP contribution in [-0.2, 0) is 9.53 Å². The van der Waals surface area contributed by atoms with Gasteiger partial charge < -0.3 is 15.2 Å². The molecule has 2 N–H and O–H groups in total. The average Bonchev–Trinajstić information content (AvgIpc) is 2.73. The molecule has 0 spiro atoms. The van der Waals surface area contributed by atoms with E-state index in [0.29, 0.717) is 13.0 Å². The number of thiophene rings is 1. The van der Waals surface area contributed by atoms with E-state index in [1.807, 2.05) is 18.4 Å². The van der Waals surface area contributed by atoms with Crippen LogP contribution in [0.4, 0.5) is 0 Å². The van der Waals surface area contributed by atoms with Crippen LogP contribution in [0.25, 0.3) is 6.08 Å². The zero-order chi connectivity index (χ0) is 13.4. The van der Waals surface area contributed by atoms with Crippen molar-refractivity contribution in [1.29, 1.82) is 0 Å². The average molecular weight is 269 g/mol. The molecule has 0 aromatic carbocycles. The van der Waals surface area contributed by atoms with Gasteiger partial charge in [0.1, 0.15) is 0 Å². The third kappa shape index (κ3) is 5.00. The van der Waals surface area contributed by atoms with E-state index in [2.05, 4.69) is 5.32 Å². The number of aliphatic hydroxyl groups excluding tert-OH is 1. The summed E-state index contributed by atoms with van der Waals surface area (Å²) in [5.74, 6) is -0.168. The van der Waals surface area contributed by atoms with Gasteiger partial charge >= 0.3 is 0 Å². The molecule has 1 aromatic rings. The van der Waals surface area contributed by atoms with Crippen molar-refractivity contribution < 1.29 is 14.6 Å². The van der Waals surface area contributed by atoms with Crippen molar-refractivity contribution in [2.45, 2.75) is 19.4 Å². The third-order valence-electron chi connectivity index (χ3n) is 2.48. The number of aliphatic hydroxyl groups is 1. The molecule has 0 aliphatic heterocycles. The normalized spacial score (nSPS) is 12.8. The number of hydrogen-bond acceptors (Lipinski definition) is 4. The molecule has 18 heavy (non-hydrogen) atoms. The highest BCUT2D eigenvalue weighted by molar-refractivity contribution is 7.11. The molecule has 1 atom stereocenters. The van der Waals surface area contributed by atoms with Crippen molar-refractivity contribution in [3.63, 3.8) is 0 Å². The maximum atomic E-state index is 11.7. The molecule has 100 valence electrons. The second kappa shape index (κ2) is 8.02. The molecule has 4 nitrogen and oxygen atoms in total. The number of carbonyl (C=O) groups excluding carboxylic acids is 1. The minimum atomic E-state index is -0.168. The van der Waals surface area contributed by atoms with Crippen molar-refractivity contribution >= 4 is 23.3 Å². The lowest BCUT2D eigenvalue weighted by Gasteiger charge is -2.15. The maximum absolute atomic E-state index is 11.7. The highest BCUT2D eigenvalue weighted by Gasteiger charge is 2.09. The third-order valence-corrected chi connectivity index (χ3v) is 3.46. The minimum absolute atomic E-state index is 0.0298. The van der Waals surface area contributed by atoms with E-state index in [1.54, 1.807) is 24.5 Å². The molecule has 1 rings (SSSR count). The second-order valence-electron chi connectivity index (χ2n) is 3.97. The first-order chi connectivity index (χ1) is 8.67. The zero-order valence-electron chi connectivity index (χ0n) is 10.7. The number of carbonyl (C=O) groups is 1. The zero-order valence-corrected chi connectivity index (χ0v) is 11.5. The van der Waals surface area contributed by atoms with Gasteiger partial charge in [0.25, 0.3) is 0 Å². The van der Waals surface area contributed by atoms with Gasteiger partial charge in [0.2, 0.25) is 5.91 Å². The van der Waals surface area contributed by atoms with Crippen LogP contribution in [0.5, 0.6) is 0 Å². The van der Waals surface area contributed by atoms with E-state index >= 15 is 0 Å². The summed E-state index contributed by atoms with van der Waals surface area (Å²) in [7, 11) is 1.57. The molecule has 1 amide bonds. The van der Waals surface area contributed by atoms with Gasteiger partial charge in [-0.05, 0) is 36.4 Å². The van der Waals surface area contributed by atoms with Crippen LogP contribution in [0.3, 0.4) is 0 Å². The van der Waals surface area contributed by atoms with Crippen LogP contribution < -0.4 is 5.32 Å². The van der Waals surface area contributed by atoms with Crippen LogP contribution in [0.15, 0.2) is 17.5 Å². The Bertz CT molecular complexity index is 395. The molecular weight excluding hydrogens is 250 g/mol. The van der Waals surface area contributed by atoms with Crippen LogP contribution in [-0.4, -0.2) is 37.4 Å². The summed E-state index contributed by atoms with van der Waals surface area (Å²) >= 11 is 1.60. The molecule has 0 saturated carbocycles. The predicted molar refractivity (Wildman–Crippen MR) is 73.6 cm³/mol. The van der Waals surface area contributed by atoms with E-state index in [9.17, 15) is 4.79 Å². The summed E-state index contributed by atoms with van der Waals surface area (Å²) in [5.41, 5.74) is 1.16. The smallest absolute Gasteiger partial charge is 0.244 e. The quantitative estimate of drug-likeness (QED) is 0.739. The Morgan fingerprint density at radius 1 is 1.67 bits per heavy atom. The number of methoxy groups -OCH3 is 1. The Labute approximate surface area is 111 Å². The summed E-state index contributed by atoms with van der Waals surface area (Å²) in [5, 5.41) is 13.7. The van der Waals surface area contributed by atoms with Crippen molar-refractivity contribution in [2.75, 3.05) is 20.3 Å². The molecule has 1 heterocycles. The maximum Gasteiger partial charge on any atom is 0.244 e. The standard InChI is InChI=1S/C13H19NO3S/c1-10-6-8-18-12(10)3-4-13(16)14-11(5-7-15)9-17-2/h3-4,6,8,11,15H,5,7,9H2,1-2H3,(H,14,16)/b4-3+. The van der Waals surface area contributed by atoms with Gasteiger partial charge in [0.05, 0.1) is 12.6 Å². The number of ether oxygens (including phenoxy) is 1. The highest BCUT2D eigenvalue weighted by Crippen LogP contribution is 2.16. The number of amides is 1. The first kappa shape index (κ1) is 14.9. The summed E-state index contributed by atoms with van der Waals surface area (Å²) in [6, 6.07) is 1.86. The van der Waals surface area contributed by atoms with Crippen LogP contribution in [0, 0.1) is 6.92 Å². The number of rotatable bonds is 7. The fourth-order valence-corrected chi connectivity index (χ4v) is 2.33. The Balaban J connectivity index is 2.49. The lowest BCUT2D eigenvalue weighted by molar-refractivity contribution is -0.117. The monoisotopic (exact) mass is 269 g/mol. The van der Waals surface area contributed by atoms with E-state index in [4.69, 9.17) is 9.84 Å². The van der Waals surface area contributed by atoms with Gasteiger partial charge in [-0.1, -0.05) is 0 Å². The minimum Gasteiger partial charge on any atom is -0.396 e. The summed E-state index contributed by atoms with van der Waals surface area (Å²) in [6.45, 7) is 2.44. The van der Waals surface area contributed by atoms with Crippen molar-refractivity contribution in [1.82, 2.24) is 5.32 Å². The largest absolute Gasteiger partial charge is 0.396 e.